The normalized spacial score (nSPS) is 10.2. The Morgan fingerprint density at radius 3 is 2.00 bits per heavy atom. The molecule has 0 atom stereocenters. The topological polar surface area (TPSA) is 49.4 Å². The minimum absolute atomic E-state index is 0.579. The van der Waals surface area contributed by atoms with Crippen LogP contribution in [0.25, 0.3) is 0 Å². The second-order valence-corrected chi connectivity index (χ2v) is 5.31. The zero-order valence-corrected chi connectivity index (χ0v) is 13.8. The molecular weight excluding hydrogens is 288 g/mol. The molecule has 0 fully saturated rings. The molecule has 0 aliphatic carbocycles. The van der Waals surface area contributed by atoms with Crippen molar-refractivity contribution in [2.24, 2.45) is 0 Å². The number of carbonyl (C=O) groups is 2. The minimum atomic E-state index is -0.619. The zero-order chi connectivity index (χ0) is 16.8. The number of amides is 2. The van der Waals surface area contributed by atoms with Gasteiger partial charge in [-0.15, -0.1) is 0 Å². The van der Waals surface area contributed by atoms with Crippen LogP contribution in [0.2, 0.25) is 0 Å². The summed E-state index contributed by atoms with van der Waals surface area (Å²) in [5, 5.41) is 2.80. The molecule has 0 unspecified atom stereocenters. The third-order valence-electron chi connectivity index (χ3n) is 3.88. The number of aryl methyl sites for hydroxylation is 2. The lowest BCUT2D eigenvalue weighted by Crippen LogP contribution is -2.37. The number of anilines is 2. The Morgan fingerprint density at radius 2 is 1.48 bits per heavy atom. The van der Waals surface area contributed by atoms with Gasteiger partial charge in [0.05, 0.1) is 0 Å². The number of nitrogens with zero attached hydrogens (tertiary/aromatic N) is 1. The quantitative estimate of drug-likeness (QED) is 0.880. The fourth-order valence-corrected chi connectivity index (χ4v) is 2.49. The predicted molar refractivity (Wildman–Crippen MR) is 93.7 cm³/mol. The summed E-state index contributed by atoms with van der Waals surface area (Å²) in [6, 6.07) is 15.0. The smallest absolute Gasteiger partial charge is 0.316 e. The molecule has 4 nitrogen and oxygen atoms in total. The monoisotopic (exact) mass is 310 g/mol. The number of hydrogen-bond acceptors (Lipinski definition) is 2. The van der Waals surface area contributed by atoms with Gasteiger partial charge in [0, 0.05) is 18.4 Å². The van der Waals surface area contributed by atoms with E-state index in [0.29, 0.717) is 5.69 Å². The summed E-state index contributed by atoms with van der Waals surface area (Å²) < 4.78 is 0. The van der Waals surface area contributed by atoms with Crippen molar-refractivity contribution in [3.63, 3.8) is 0 Å². The van der Waals surface area contributed by atoms with Crippen LogP contribution in [0.5, 0.6) is 0 Å². The van der Waals surface area contributed by atoms with E-state index in [9.17, 15) is 9.59 Å². The standard InChI is InChI=1S/C19H22N2O2/c1-4-14-10-9-11-15(5-2)17(14)20-18(22)19(23)21(3)16-12-7-6-8-13-16/h6-13H,4-5H2,1-3H3,(H,20,22). The van der Waals surface area contributed by atoms with E-state index in [1.54, 1.807) is 19.2 Å². The molecule has 4 heteroatoms. The second kappa shape index (κ2) is 7.58. The Hall–Kier alpha value is -2.62. The van der Waals surface area contributed by atoms with Crippen LogP contribution < -0.4 is 10.2 Å². The Balaban J connectivity index is 2.21. The summed E-state index contributed by atoms with van der Waals surface area (Å²) in [6.45, 7) is 4.06. The molecule has 0 saturated heterocycles. The van der Waals surface area contributed by atoms with Crippen LogP contribution in [0.3, 0.4) is 0 Å². The first-order chi connectivity index (χ1) is 11.1. The minimum Gasteiger partial charge on any atom is -0.317 e. The molecule has 0 bridgehead atoms. The van der Waals surface area contributed by atoms with Crippen molar-refractivity contribution in [2.45, 2.75) is 26.7 Å². The third-order valence-corrected chi connectivity index (χ3v) is 3.88. The van der Waals surface area contributed by atoms with Gasteiger partial charge in [-0.1, -0.05) is 50.2 Å². The number of rotatable bonds is 4. The lowest BCUT2D eigenvalue weighted by molar-refractivity contribution is -0.134. The number of hydrogen-bond donors (Lipinski definition) is 1. The van der Waals surface area contributed by atoms with Gasteiger partial charge >= 0.3 is 11.8 Å². The zero-order valence-electron chi connectivity index (χ0n) is 13.8. The first-order valence-electron chi connectivity index (χ1n) is 7.83. The summed E-state index contributed by atoms with van der Waals surface area (Å²) in [7, 11) is 1.60. The highest BCUT2D eigenvalue weighted by atomic mass is 16.2. The van der Waals surface area contributed by atoms with E-state index >= 15 is 0 Å². The molecule has 0 aliphatic rings. The van der Waals surface area contributed by atoms with Gasteiger partial charge in [0.2, 0.25) is 0 Å². The van der Waals surface area contributed by atoms with Crippen molar-refractivity contribution < 1.29 is 9.59 Å². The Kier molecular flexibility index (Phi) is 5.52. The maximum Gasteiger partial charge on any atom is 0.316 e. The summed E-state index contributed by atoms with van der Waals surface area (Å²) in [5.41, 5.74) is 3.52. The van der Waals surface area contributed by atoms with Crippen LogP contribution >= 0.6 is 0 Å². The van der Waals surface area contributed by atoms with Crippen molar-refractivity contribution in [3.8, 4) is 0 Å². The van der Waals surface area contributed by atoms with Crippen LogP contribution in [0, 0.1) is 0 Å². The van der Waals surface area contributed by atoms with Gasteiger partial charge in [0.1, 0.15) is 0 Å². The van der Waals surface area contributed by atoms with Gasteiger partial charge < -0.3 is 10.2 Å². The van der Waals surface area contributed by atoms with Gasteiger partial charge in [0.25, 0.3) is 0 Å². The molecular formula is C19H22N2O2. The van der Waals surface area contributed by atoms with E-state index in [0.717, 1.165) is 29.7 Å². The molecule has 0 aliphatic heterocycles. The Bertz CT molecular complexity index is 674. The molecule has 0 saturated carbocycles. The summed E-state index contributed by atoms with van der Waals surface area (Å²) in [5.74, 6) is -1.20. The lowest BCUT2D eigenvalue weighted by atomic mass is 10.0. The van der Waals surface area contributed by atoms with Crippen LogP contribution in [0.15, 0.2) is 48.5 Å². The van der Waals surface area contributed by atoms with Gasteiger partial charge in [-0.2, -0.15) is 0 Å². The van der Waals surface area contributed by atoms with E-state index < -0.39 is 11.8 Å². The van der Waals surface area contributed by atoms with E-state index in [4.69, 9.17) is 0 Å². The van der Waals surface area contributed by atoms with Crippen molar-refractivity contribution >= 4 is 23.2 Å². The number of nitrogens with one attached hydrogen (secondary N) is 1. The number of carbonyl (C=O) groups excluding carboxylic acids is 2. The highest BCUT2D eigenvalue weighted by molar-refractivity contribution is 6.44. The van der Waals surface area contributed by atoms with E-state index in [2.05, 4.69) is 5.32 Å². The third kappa shape index (κ3) is 3.77. The van der Waals surface area contributed by atoms with Crippen LogP contribution in [0.1, 0.15) is 25.0 Å². The van der Waals surface area contributed by atoms with Gasteiger partial charge in [-0.25, -0.2) is 0 Å². The molecule has 2 amide bonds. The van der Waals surface area contributed by atoms with E-state index in [1.807, 2.05) is 50.2 Å². The largest absolute Gasteiger partial charge is 0.317 e. The maximum absolute atomic E-state index is 12.4. The average molecular weight is 310 g/mol. The summed E-state index contributed by atoms with van der Waals surface area (Å²) >= 11 is 0. The fraction of sp³-hybridized carbons (Fsp3) is 0.263. The van der Waals surface area contributed by atoms with Crippen LogP contribution in [-0.4, -0.2) is 18.9 Å². The van der Waals surface area contributed by atoms with Crippen molar-refractivity contribution in [2.75, 3.05) is 17.3 Å². The van der Waals surface area contributed by atoms with Crippen molar-refractivity contribution in [3.05, 3.63) is 59.7 Å². The molecule has 1 N–H and O–H groups in total. The number of likely N-dealkylation sites (N-methyl/N-ethyl adjacent to an activating group) is 1. The Morgan fingerprint density at radius 1 is 0.913 bits per heavy atom. The molecule has 120 valence electrons. The van der Waals surface area contributed by atoms with Gasteiger partial charge in [-0.3, -0.25) is 9.59 Å². The summed E-state index contributed by atoms with van der Waals surface area (Å²) in [6.07, 6.45) is 1.60. The molecule has 2 aromatic rings. The number of benzene rings is 2. The van der Waals surface area contributed by atoms with Crippen LogP contribution in [-0.2, 0) is 22.4 Å². The first-order valence-corrected chi connectivity index (χ1v) is 7.83. The maximum atomic E-state index is 12.4. The van der Waals surface area contributed by atoms with Crippen LogP contribution in [0.4, 0.5) is 11.4 Å². The van der Waals surface area contributed by atoms with Crippen molar-refractivity contribution in [1.82, 2.24) is 0 Å². The fourth-order valence-electron chi connectivity index (χ4n) is 2.49. The summed E-state index contributed by atoms with van der Waals surface area (Å²) in [4.78, 5) is 26.1. The highest BCUT2D eigenvalue weighted by Crippen LogP contribution is 2.23. The Labute approximate surface area is 137 Å². The molecule has 0 radical (unpaired) electrons. The molecule has 2 rings (SSSR count). The van der Waals surface area contributed by atoms with Crippen molar-refractivity contribution in [1.29, 1.82) is 0 Å². The van der Waals surface area contributed by atoms with E-state index in [1.165, 1.54) is 4.90 Å². The molecule has 0 heterocycles. The molecule has 2 aromatic carbocycles. The molecule has 23 heavy (non-hydrogen) atoms. The molecule has 0 spiro atoms. The average Bonchev–Trinajstić information content (AvgIpc) is 2.61. The first kappa shape index (κ1) is 16.7. The number of para-hydroxylation sites is 2. The second-order valence-electron chi connectivity index (χ2n) is 5.31. The predicted octanol–water partition coefficient (Wildman–Crippen LogP) is 3.41. The van der Waals surface area contributed by atoms with Gasteiger partial charge in [0.15, 0.2) is 0 Å². The molecule has 0 aromatic heterocycles. The highest BCUT2D eigenvalue weighted by Gasteiger charge is 2.21. The SMILES string of the molecule is CCc1cccc(CC)c1NC(=O)C(=O)N(C)c1ccccc1. The van der Waals surface area contributed by atoms with E-state index in [-0.39, 0.29) is 0 Å². The lowest BCUT2D eigenvalue weighted by Gasteiger charge is -2.18. The van der Waals surface area contributed by atoms with Gasteiger partial charge in [-0.05, 0) is 36.1 Å².